The number of amides is 1. The van der Waals surface area contributed by atoms with Crippen molar-refractivity contribution in [2.24, 2.45) is 0 Å². The fourth-order valence-corrected chi connectivity index (χ4v) is 1.05. The molecule has 0 aliphatic heterocycles. The first kappa shape index (κ1) is 9.52. The molecular formula is C11H13NO. The number of rotatable bonds is 2. The average molecular weight is 175 g/mol. The van der Waals surface area contributed by atoms with Crippen molar-refractivity contribution >= 4 is 11.6 Å². The fraction of sp³-hybridized carbons (Fsp3) is 0.182. The lowest BCUT2D eigenvalue weighted by molar-refractivity contribution is -0.111. The van der Waals surface area contributed by atoms with Crippen LogP contribution in [0.25, 0.3) is 0 Å². The Hall–Kier alpha value is -1.57. The molecule has 1 aromatic rings. The molecule has 0 saturated heterocycles. The molecule has 0 aromatic heterocycles. The molecular weight excluding hydrogens is 162 g/mol. The third kappa shape index (κ3) is 2.44. The third-order valence-corrected chi connectivity index (χ3v) is 1.84. The Balaban J connectivity index is 2.93. The second-order valence-electron chi connectivity index (χ2n) is 3.01. The summed E-state index contributed by atoms with van der Waals surface area (Å²) in [5, 5.41) is 2.74. The molecule has 1 N–H and O–H groups in total. The van der Waals surface area contributed by atoms with Crippen LogP contribution in [0.15, 0.2) is 30.9 Å². The van der Waals surface area contributed by atoms with Crippen molar-refractivity contribution in [3.8, 4) is 0 Å². The Labute approximate surface area is 78.3 Å². The maximum atomic E-state index is 11.0. The zero-order chi connectivity index (χ0) is 9.84. The number of carbonyl (C=O) groups excluding carboxylic acids is 1. The van der Waals surface area contributed by atoms with Gasteiger partial charge in [-0.05, 0) is 37.1 Å². The van der Waals surface area contributed by atoms with Gasteiger partial charge in [0.1, 0.15) is 0 Å². The monoisotopic (exact) mass is 175 g/mol. The maximum Gasteiger partial charge on any atom is 0.247 e. The second-order valence-corrected chi connectivity index (χ2v) is 3.01. The number of aryl methyl sites for hydroxylation is 2. The maximum absolute atomic E-state index is 11.0. The molecule has 0 aliphatic rings. The minimum atomic E-state index is -0.172. The summed E-state index contributed by atoms with van der Waals surface area (Å²) in [5.74, 6) is -0.172. The van der Waals surface area contributed by atoms with Gasteiger partial charge in [-0.25, -0.2) is 0 Å². The van der Waals surface area contributed by atoms with Crippen LogP contribution in [-0.4, -0.2) is 5.91 Å². The molecule has 0 atom stereocenters. The van der Waals surface area contributed by atoms with Crippen LogP contribution in [0.2, 0.25) is 0 Å². The summed E-state index contributed by atoms with van der Waals surface area (Å²) in [5.41, 5.74) is 3.04. The van der Waals surface area contributed by atoms with E-state index in [-0.39, 0.29) is 5.91 Å². The van der Waals surface area contributed by atoms with E-state index in [0.29, 0.717) is 0 Å². The van der Waals surface area contributed by atoms with Gasteiger partial charge in [-0.1, -0.05) is 18.7 Å². The molecule has 1 rings (SSSR count). The molecule has 68 valence electrons. The summed E-state index contributed by atoms with van der Waals surface area (Å²) in [6, 6.07) is 5.93. The topological polar surface area (TPSA) is 29.1 Å². The number of hydrogen-bond donors (Lipinski definition) is 1. The Morgan fingerprint density at radius 3 is 2.77 bits per heavy atom. The van der Waals surface area contributed by atoms with E-state index in [1.54, 1.807) is 0 Å². The molecule has 0 fully saturated rings. The lowest BCUT2D eigenvalue weighted by Crippen LogP contribution is -2.08. The standard InChI is InChI=1S/C11H13NO/c1-4-11(13)12-10-7-8(2)5-6-9(10)3/h4-7H,1H2,2-3H3,(H,12,13). The van der Waals surface area contributed by atoms with Gasteiger partial charge in [-0.3, -0.25) is 4.79 Å². The Bertz CT molecular complexity index is 342. The molecule has 0 unspecified atom stereocenters. The summed E-state index contributed by atoms with van der Waals surface area (Å²) in [6.45, 7) is 7.34. The molecule has 13 heavy (non-hydrogen) atoms. The highest BCUT2D eigenvalue weighted by atomic mass is 16.1. The van der Waals surface area contributed by atoms with Crippen LogP contribution >= 0.6 is 0 Å². The van der Waals surface area contributed by atoms with Crippen LogP contribution in [0.1, 0.15) is 11.1 Å². The number of benzene rings is 1. The predicted octanol–water partition coefficient (Wildman–Crippen LogP) is 2.43. The van der Waals surface area contributed by atoms with Crippen LogP contribution in [0, 0.1) is 13.8 Å². The lowest BCUT2D eigenvalue weighted by Gasteiger charge is -2.06. The summed E-state index contributed by atoms with van der Waals surface area (Å²) in [4.78, 5) is 11.0. The summed E-state index contributed by atoms with van der Waals surface area (Å²) >= 11 is 0. The van der Waals surface area contributed by atoms with Crippen LogP contribution in [0.3, 0.4) is 0 Å². The molecule has 1 aromatic carbocycles. The van der Waals surface area contributed by atoms with Crippen molar-refractivity contribution in [1.29, 1.82) is 0 Å². The molecule has 0 saturated carbocycles. The van der Waals surface area contributed by atoms with Crippen LogP contribution in [0.4, 0.5) is 5.69 Å². The fourth-order valence-electron chi connectivity index (χ4n) is 1.05. The van der Waals surface area contributed by atoms with Gasteiger partial charge in [0.15, 0.2) is 0 Å². The molecule has 0 aliphatic carbocycles. The van der Waals surface area contributed by atoms with Gasteiger partial charge < -0.3 is 5.32 Å². The Morgan fingerprint density at radius 2 is 2.15 bits per heavy atom. The van der Waals surface area contributed by atoms with Crippen molar-refractivity contribution in [3.05, 3.63) is 42.0 Å². The van der Waals surface area contributed by atoms with Gasteiger partial charge >= 0.3 is 0 Å². The van der Waals surface area contributed by atoms with E-state index in [4.69, 9.17) is 0 Å². The number of anilines is 1. The first-order valence-electron chi connectivity index (χ1n) is 4.14. The Kier molecular flexibility index (Phi) is 2.85. The highest BCUT2D eigenvalue weighted by molar-refractivity contribution is 5.99. The van der Waals surface area contributed by atoms with E-state index in [9.17, 15) is 4.79 Å². The molecule has 0 heterocycles. The van der Waals surface area contributed by atoms with E-state index >= 15 is 0 Å². The normalized spacial score (nSPS) is 9.38. The highest BCUT2D eigenvalue weighted by Gasteiger charge is 2.00. The zero-order valence-corrected chi connectivity index (χ0v) is 7.92. The van der Waals surface area contributed by atoms with Crippen LogP contribution < -0.4 is 5.32 Å². The summed E-state index contributed by atoms with van der Waals surface area (Å²) in [7, 11) is 0. The molecule has 0 spiro atoms. The van der Waals surface area contributed by atoms with Crippen molar-refractivity contribution in [3.63, 3.8) is 0 Å². The summed E-state index contributed by atoms with van der Waals surface area (Å²) < 4.78 is 0. The molecule has 2 nitrogen and oxygen atoms in total. The minimum Gasteiger partial charge on any atom is -0.322 e. The van der Waals surface area contributed by atoms with Crippen LogP contribution in [-0.2, 0) is 4.79 Å². The van der Waals surface area contributed by atoms with Gasteiger partial charge in [0.2, 0.25) is 5.91 Å². The quantitative estimate of drug-likeness (QED) is 0.687. The molecule has 2 heteroatoms. The molecule has 0 bridgehead atoms. The Morgan fingerprint density at radius 1 is 1.46 bits per heavy atom. The first-order valence-corrected chi connectivity index (χ1v) is 4.14. The molecule has 0 radical (unpaired) electrons. The largest absolute Gasteiger partial charge is 0.322 e. The van der Waals surface area contributed by atoms with Crippen molar-refractivity contribution < 1.29 is 4.79 Å². The first-order chi connectivity index (χ1) is 6.13. The number of nitrogens with one attached hydrogen (secondary N) is 1. The van der Waals surface area contributed by atoms with Gasteiger partial charge in [0.05, 0.1) is 0 Å². The van der Waals surface area contributed by atoms with Gasteiger partial charge in [-0.2, -0.15) is 0 Å². The van der Waals surface area contributed by atoms with Crippen molar-refractivity contribution in [2.75, 3.05) is 5.32 Å². The van der Waals surface area contributed by atoms with E-state index in [1.165, 1.54) is 6.08 Å². The molecule has 1 amide bonds. The highest BCUT2D eigenvalue weighted by Crippen LogP contribution is 2.15. The van der Waals surface area contributed by atoms with Crippen molar-refractivity contribution in [2.45, 2.75) is 13.8 Å². The number of carbonyl (C=O) groups is 1. The van der Waals surface area contributed by atoms with Gasteiger partial charge in [-0.15, -0.1) is 0 Å². The minimum absolute atomic E-state index is 0.172. The van der Waals surface area contributed by atoms with E-state index in [0.717, 1.165) is 16.8 Å². The summed E-state index contributed by atoms with van der Waals surface area (Å²) in [6.07, 6.45) is 1.27. The lowest BCUT2D eigenvalue weighted by atomic mass is 10.1. The van der Waals surface area contributed by atoms with E-state index < -0.39 is 0 Å². The van der Waals surface area contributed by atoms with Crippen LogP contribution in [0.5, 0.6) is 0 Å². The van der Waals surface area contributed by atoms with E-state index in [2.05, 4.69) is 11.9 Å². The van der Waals surface area contributed by atoms with Gasteiger partial charge in [0, 0.05) is 5.69 Å². The smallest absolute Gasteiger partial charge is 0.247 e. The number of hydrogen-bond acceptors (Lipinski definition) is 1. The second kappa shape index (κ2) is 3.90. The van der Waals surface area contributed by atoms with Gasteiger partial charge in [0.25, 0.3) is 0 Å². The predicted molar refractivity (Wildman–Crippen MR) is 54.7 cm³/mol. The average Bonchev–Trinajstić information content (AvgIpc) is 2.11. The van der Waals surface area contributed by atoms with E-state index in [1.807, 2.05) is 32.0 Å². The SMILES string of the molecule is C=CC(=O)Nc1cc(C)ccc1C. The zero-order valence-electron chi connectivity index (χ0n) is 7.92. The van der Waals surface area contributed by atoms with Crippen molar-refractivity contribution in [1.82, 2.24) is 0 Å². The third-order valence-electron chi connectivity index (χ3n) is 1.84.